The maximum Gasteiger partial charge on any atom is 0.223 e. The summed E-state index contributed by atoms with van der Waals surface area (Å²) in [5.74, 6) is 2.32. The van der Waals surface area contributed by atoms with Crippen LogP contribution < -0.4 is 15.1 Å². The molecule has 5 rings (SSSR count). The number of hydrogen-bond acceptors (Lipinski definition) is 6. The standard InChI is InChI=1S/C27H37N7O/c1-2-32(22-10-5-3-6-11-22)16-9-15-28-27(35)21-13-18-33(19-14-21)25-24-26(30-20-29-25)34-17-8-4-7-12-23(34)31-24/h3,5-6,10-11,20-21H,2,4,7-9,12-19H2,1H3,(H,28,35). The molecule has 1 aromatic carbocycles. The van der Waals surface area contributed by atoms with E-state index in [1.54, 1.807) is 6.33 Å². The zero-order valence-electron chi connectivity index (χ0n) is 20.8. The van der Waals surface area contributed by atoms with Crippen molar-refractivity contribution in [1.82, 2.24) is 24.8 Å². The average molecular weight is 476 g/mol. The topological polar surface area (TPSA) is 79.2 Å². The predicted octanol–water partition coefficient (Wildman–Crippen LogP) is 3.80. The molecule has 1 saturated heterocycles. The first-order valence-electron chi connectivity index (χ1n) is 13.3. The minimum absolute atomic E-state index is 0.0682. The molecular formula is C27H37N7O. The van der Waals surface area contributed by atoms with Gasteiger partial charge < -0.3 is 19.7 Å². The van der Waals surface area contributed by atoms with Gasteiger partial charge in [0.15, 0.2) is 17.0 Å². The van der Waals surface area contributed by atoms with Gasteiger partial charge in [0.2, 0.25) is 5.91 Å². The Bertz CT molecular complexity index is 1120. The van der Waals surface area contributed by atoms with Crippen LogP contribution in [0.3, 0.4) is 0 Å². The minimum atomic E-state index is 0.0682. The second kappa shape index (κ2) is 11.1. The molecule has 0 radical (unpaired) electrons. The quantitative estimate of drug-likeness (QED) is 0.499. The van der Waals surface area contributed by atoms with Gasteiger partial charge in [0.1, 0.15) is 12.2 Å². The highest BCUT2D eigenvalue weighted by molar-refractivity contribution is 5.84. The average Bonchev–Trinajstić information content (AvgIpc) is 3.10. The lowest BCUT2D eigenvalue weighted by Gasteiger charge is -2.32. The smallest absolute Gasteiger partial charge is 0.223 e. The summed E-state index contributed by atoms with van der Waals surface area (Å²) in [6.45, 7) is 7.43. The van der Waals surface area contributed by atoms with E-state index in [1.165, 1.54) is 24.9 Å². The van der Waals surface area contributed by atoms with Crippen molar-refractivity contribution in [2.45, 2.75) is 58.4 Å². The first kappa shape index (κ1) is 23.6. The molecule has 0 bridgehead atoms. The summed E-state index contributed by atoms with van der Waals surface area (Å²) in [5.41, 5.74) is 3.12. The molecule has 4 heterocycles. The van der Waals surface area contributed by atoms with Gasteiger partial charge >= 0.3 is 0 Å². The van der Waals surface area contributed by atoms with Crippen LogP contribution >= 0.6 is 0 Å². The van der Waals surface area contributed by atoms with Crippen LogP contribution in [0.15, 0.2) is 36.7 Å². The highest BCUT2D eigenvalue weighted by atomic mass is 16.1. The number of fused-ring (bicyclic) bond motifs is 3. The van der Waals surface area contributed by atoms with Crippen molar-refractivity contribution in [2.75, 3.05) is 42.5 Å². The van der Waals surface area contributed by atoms with Crippen molar-refractivity contribution in [2.24, 2.45) is 5.92 Å². The molecule has 2 aromatic heterocycles. The lowest BCUT2D eigenvalue weighted by atomic mass is 9.96. The molecule has 0 aliphatic carbocycles. The number of rotatable bonds is 8. The number of piperidine rings is 1. The monoisotopic (exact) mass is 475 g/mol. The summed E-state index contributed by atoms with van der Waals surface area (Å²) in [4.78, 5) is 31.6. The van der Waals surface area contributed by atoms with Crippen LogP contribution in [0, 0.1) is 5.92 Å². The summed E-state index contributed by atoms with van der Waals surface area (Å²) in [6, 6.07) is 10.5. The van der Waals surface area contributed by atoms with Crippen LogP contribution in [-0.4, -0.2) is 58.1 Å². The van der Waals surface area contributed by atoms with Crippen molar-refractivity contribution in [3.8, 4) is 0 Å². The van der Waals surface area contributed by atoms with E-state index >= 15 is 0 Å². The van der Waals surface area contributed by atoms with Crippen molar-refractivity contribution in [3.05, 3.63) is 42.5 Å². The number of nitrogens with one attached hydrogen (secondary N) is 1. The Morgan fingerprint density at radius 2 is 1.91 bits per heavy atom. The number of anilines is 2. The van der Waals surface area contributed by atoms with Gasteiger partial charge in [-0.25, -0.2) is 15.0 Å². The molecule has 0 unspecified atom stereocenters. The molecule has 2 aliphatic rings. The van der Waals surface area contributed by atoms with Crippen molar-refractivity contribution < 1.29 is 4.79 Å². The number of carbonyl (C=O) groups is 1. The van der Waals surface area contributed by atoms with Gasteiger partial charge in [0.05, 0.1) is 0 Å². The predicted molar refractivity (Wildman–Crippen MR) is 140 cm³/mol. The minimum Gasteiger partial charge on any atom is -0.372 e. The maximum atomic E-state index is 12.8. The van der Waals surface area contributed by atoms with E-state index < -0.39 is 0 Å². The van der Waals surface area contributed by atoms with E-state index in [4.69, 9.17) is 4.98 Å². The van der Waals surface area contributed by atoms with Gasteiger partial charge in [-0.2, -0.15) is 0 Å². The van der Waals surface area contributed by atoms with Gasteiger partial charge in [0.25, 0.3) is 0 Å². The number of nitrogens with zero attached hydrogens (tertiary/aromatic N) is 6. The molecule has 1 amide bonds. The summed E-state index contributed by atoms with van der Waals surface area (Å²) in [5, 5.41) is 3.18. The molecule has 2 aliphatic heterocycles. The van der Waals surface area contributed by atoms with E-state index in [0.29, 0.717) is 0 Å². The highest BCUT2D eigenvalue weighted by Crippen LogP contribution is 2.29. The summed E-state index contributed by atoms with van der Waals surface area (Å²) in [7, 11) is 0. The van der Waals surface area contributed by atoms with Gasteiger partial charge in [-0.1, -0.05) is 24.6 Å². The second-order valence-corrected chi connectivity index (χ2v) is 9.68. The lowest BCUT2D eigenvalue weighted by molar-refractivity contribution is -0.125. The van der Waals surface area contributed by atoms with Crippen LogP contribution in [0.1, 0.15) is 51.3 Å². The fourth-order valence-corrected chi connectivity index (χ4v) is 5.44. The summed E-state index contributed by atoms with van der Waals surface area (Å²) < 4.78 is 2.28. The molecule has 8 nitrogen and oxygen atoms in total. The molecule has 35 heavy (non-hydrogen) atoms. The largest absolute Gasteiger partial charge is 0.372 e. The van der Waals surface area contributed by atoms with E-state index in [0.717, 1.165) is 87.8 Å². The van der Waals surface area contributed by atoms with E-state index in [2.05, 4.69) is 60.8 Å². The Morgan fingerprint density at radius 1 is 1.09 bits per heavy atom. The van der Waals surface area contributed by atoms with E-state index in [1.807, 2.05) is 6.07 Å². The molecule has 1 N–H and O–H groups in total. The number of para-hydroxylation sites is 1. The first-order valence-corrected chi connectivity index (χ1v) is 13.3. The van der Waals surface area contributed by atoms with Crippen LogP contribution in [0.4, 0.5) is 11.5 Å². The summed E-state index contributed by atoms with van der Waals surface area (Å²) >= 11 is 0. The Kier molecular flexibility index (Phi) is 7.45. The van der Waals surface area contributed by atoms with Gasteiger partial charge in [-0.3, -0.25) is 4.79 Å². The number of benzene rings is 1. The third-order valence-corrected chi connectivity index (χ3v) is 7.45. The number of carbonyl (C=O) groups excluding carboxylic acids is 1. The SMILES string of the molecule is CCN(CCCNC(=O)C1CCN(c2ncnc3c2nc2n3CCCCC2)CC1)c1ccccc1. The van der Waals surface area contributed by atoms with Crippen LogP contribution in [0.5, 0.6) is 0 Å². The number of imidazole rings is 1. The van der Waals surface area contributed by atoms with Gasteiger partial charge in [-0.05, 0) is 51.2 Å². The van der Waals surface area contributed by atoms with Gasteiger partial charge in [0, 0.05) is 57.3 Å². The summed E-state index contributed by atoms with van der Waals surface area (Å²) in [6.07, 6.45) is 8.94. The fraction of sp³-hybridized carbons (Fsp3) is 0.556. The Labute approximate surface area is 207 Å². The molecule has 1 fully saturated rings. The number of hydrogen-bond donors (Lipinski definition) is 1. The molecular weight excluding hydrogens is 438 g/mol. The molecule has 8 heteroatoms. The normalized spacial score (nSPS) is 16.7. The lowest BCUT2D eigenvalue weighted by Crippen LogP contribution is -2.41. The van der Waals surface area contributed by atoms with Crippen molar-refractivity contribution in [1.29, 1.82) is 0 Å². The second-order valence-electron chi connectivity index (χ2n) is 9.68. The Balaban J connectivity index is 1.12. The molecule has 186 valence electrons. The molecule has 0 atom stereocenters. The van der Waals surface area contributed by atoms with Gasteiger partial charge in [-0.15, -0.1) is 0 Å². The fourth-order valence-electron chi connectivity index (χ4n) is 5.44. The number of amides is 1. The Hall–Kier alpha value is -3.16. The van der Waals surface area contributed by atoms with Crippen molar-refractivity contribution >= 4 is 28.6 Å². The third kappa shape index (κ3) is 5.26. The zero-order valence-corrected chi connectivity index (χ0v) is 20.8. The highest BCUT2D eigenvalue weighted by Gasteiger charge is 2.28. The zero-order chi connectivity index (χ0) is 24.0. The molecule has 0 spiro atoms. The van der Waals surface area contributed by atoms with E-state index in [9.17, 15) is 4.79 Å². The van der Waals surface area contributed by atoms with Crippen LogP contribution in [0.25, 0.3) is 11.2 Å². The van der Waals surface area contributed by atoms with E-state index in [-0.39, 0.29) is 11.8 Å². The number of aromatic nitrogens is 4. The Morgan fingerprint density at radius 3 is 2.71 bits per heavy atom. The van der Waals surface area contributed by atoms with Crippen LogP contribution in [-0.2, 0) is 17.8 Å². The first-order chi connectivity index (χ1) is 17.2. The molecule has 3 aromatic rings. The number of aryl methyl sites for hydroxylation is 2. The third-order valence-electron chi connectivity index (χ3n) is 7.45. The maximum absolute atomic E-state index is 12.8. The van der Waals surface area contributed by atoms with Crippen LogP contribution in [0.2, 0.25) is 0 Å². The van der Waals surface area contributed by atoms with Crippen molar-refractivity contribution in [3.63, 3.8) is 0 Å². The molecule has 0 saturated carbocycles.